The Labute approximate surface area is 97.7 Å². The van der Waals surface area contributed by atoms with Gasteiger partial charge in [0.2, 0.25) is 0 Å². The van der Waals surface area contributed by atoms with Gasteiger partial charge in [-0.2, -0.15) is 13.2 Å². The summed E-state index contributed by atoms with van der Waals surface area (Å²) in [5, 5.41) is 2.86. The molecular weight excluding hydrogens is 306 g/mol. The summed E-state index contributed by atoms with van der Waals surface area (Å²) in [5.74, 6) is 0. The summed E-state index contributed by atoms with van der Waals surface area (Å²) in [6.45, 7) is 0.581. The van der Waals surface area contributed by atoms with Crippen LogP contribution in [0.15, 0.2) is 24.3 Å². The maximum atomic E-state index is 12.1. The van der Waals surface area contributed by atoms with Crippen molar-refractivity contribution in [2.24, 2.45) is 0 Å². The molecule has 0 aliphatic carbocycles. The van der Waals surface area contributed by atoms with Crippen molar-refractivity contribution in [1.82, 2.24) is 5.32 Å². The Morgan fingerprint density at radius 2 is 1.64 bits per heavy atom. The van der Waals surface area contributed by atoms with Crippen molar-refractivity contribution in [3.63, 3.8) is 0 Å². The first-order chi connectivity index (χ1) is 6.04. The van der Waals surface area contributed by atoms with E-state index < -0.39 is 11.7 Å². The van der Waals surface area contributed by atoms with Crippen LogP contribution < -0.4 is 5.32 Å². The van der Waals surface area contributed by atoms with E-state index in [1.54, 1.807) is 7.05 Å². The number of halogens is 4. The fourth-order valence-electron chi connectivity index (χ4n) is 1.02. The highest BCUT2D eigenvalue weighted by Gasteiger charge is 2.29. The standard InChI is InChI=1S/C9H10F3N.HI/c1-13-6-7-2-4-8(5-3-7)9(10,11)12;/h2-5,13H,6H2,1H3;1H. The van der Waals surface area contributed by atoms with E-state index in [2.05, 4.69) is 5.32 Å². The third kappa shape index (κ3) is 3.83. The van der Waals surface area contributed by atoms with Gasteiger partial charge >= 0.3 is 6.18 Å². The monoisotopic (exact) mass is 317 g/mol. The minimum Gasteiger partial charge on any atom is -0.316 e. The van der Waals surface area contributed by atoms with Gasteiger partial charge < -0.3 is 5.32 Å². The van der Waals surface area contributed by atoms with Gasteiger partial charge in [-0.1, -0.05) is 12.1 Å². The van der Waals surface area contributed by atoms with Crippen LogP contribution in [0.1, 0.15) is 11.1 Å². The van der Waals surface area contributed by atoms with E-state index in [4.69, 9.17) is 0 Å². The highest BCUT2D eigenvalue weighted by molar-refractivity contribution is 14.0. The predicted octanol–water partition coefficient (Wildman–Crippen LogP) is 3.04. The summed E-state index contributed by atoms with van der Waals surface area (Å²) >= 11 is 0. The predicted molar refractivity (Wildman–Crippen MR) is 59.6 cm³/mol. The highest BCUT2D eigenvalue weighted by Crippen LogP contribution is 2.28. The molecule has 0 aromatic heterocycles. The molecule has 5 heteroatoms. The Hall–Kier alpha value is -0.300. The van der Waals surface area contributed by atoms with Crippen LogP contribution in [-0.2, 0) is 12.7 Å². The molecule has 1 aromatic carbocycles. The van der Waals surface area contributed by atoms with Gasteiger partial charge in [0.15, 0.2) is 0 Å². The van der Waals surface area contributed by atoms with Gasteiger partial charge in [0, 0.05) is 6.54 Å². The van der Waals surface area contributed by atoms with Crippen molar-refractivity contribution in [1.29, 1.82) is 0 Å². The van der Waals surface area contributed by atoms with Crippen LogP contribution in [0.25, 0.3) is 0 Å². The first kappa shape index (κ1) is 13.7. The minimum atomic E-state index is -4.24. The molecule has 0 aliphatic heterocycles. The van der Waals surface area contributed by atoms with Gasteiger partial charge in [-0.3, -0.25) is 0 Å². The molecule has 0 fully saturated rings. The van der Waals surface area contributed by atoms with Gasteiger partial charge in [0.25, 0.3) is 0 Å². The fraction of sp³-hybridized carbons (Fsp3) is 0.333. The van der Waals surface area contributed by atoms with Crippen molar-refractivity contribution in [3.05, 3.63) is 35.4 Å². The maximum Gasteiger partial charge on any atom is 0.416 e. The Morgan fingerprint density at radius 1 is 1.14 bits per heavy atom. The normalized spacial score (nSPS) is 10.9. The Balaban J connectivity index is 0.00000169. The van der Waals surface area contributed by atoms with Crippen LogP contribution in [0.4, 0.5) is 13.2 Å². The lowest BCUT2D eigenvalue weighted by atomic mass is 10.1. The van der Waals surface area contributed by atoms with Gasteiger partial charge in [0.05, 0.1) is 5.56 Å². The molecule has 0 unspecified atom stereocenters. The van der Waals surface area contributed by atoms with Crippen LogP contribution in [-0.4, -0.2) is 7.05 Å². The minimum absolute atomic E-state index is 0. The number of nitrogens with one attached hydrogen (secondary N) is 1. The zero-order chi connectivity index (χ0) is 9.90. The highest BCUT2D eigenvalue weighted by atomic mass is 127. The Morgan fingerprint density at radius 3 is 2.00 bits per heavy atom. The quantitative estimate of drug-likeness (QED) is 0.827. The molecule has 0 amide bonds. The third-order valence-corrected chi connectivity index (χ3v) is 1.66. The van der Waals surface area contributed by atoms with Gasteiger partial charge in [0.1, 0.15) is 0 Å². The summed E-state index contributed by atoms with van der Waals surface area (Å²) in [6.07, 6.45) is -4.24. The van der Waals surface area contributed by atoms with E-state index in [-0.39, 0.29) is 24.0 Å². The molecule has 1 rings (SSSR count). The zero-order valence-electron chi connectivity index (χ0n) is 7.56. The van der Waals surface area contributed by atoms with Crippen LogP contribution >= 0.6 is 24.0 Å². The van der Waals surface area contributed by atoms with Crippen molar-refractivity contribution in [2.75, 3.05) is 7.05 Å². The summed E-state index contributed by atoms with van der Waals surface area (Å²) < 4.78 is 36.3. The van der Waals surface area contributed by atoms with E-state index in [1.165, 1.54) is 12.1 Å². The van der Waals surface area contributed by atoms with Crippen LogP contribution in [0.3, 0.4) is 0 Å². The molecule has 0 bridgehead atoms. The van der Waals surface area contributed by atoms with Crippen molar-refractivity contribution >= 4 is 24.0 Å². The van der Waals surface area contributed by atoms with E-state index in [9.17, 15) is 13.2 Å². The number of alkyl halides is 3. The second kappa shape index (κ2) is 5.55. The smallest absolute Gasteiger partial charge is 0.316 e. The second-order valence-corrected chi connectivity index (χ2v) is 2.73. The van der Waals surface area contributed by atoms with Crippen molar-refractivity contribution in [3.8, 4) is 0 Å². The largest absolute Gasteiger partial charge is 0.416 e. The lowest BCUT2D eigenvalue weighted by Crippen LogP contribution is -2.07. The molecule has 0 saturated heterocycles. The van der Waals surface area contributed by atoms with Gasteiger partial charge in [-0.05, 0) is 24.7 Å². The lowest BCUT2D eigenvalue weighted by molar-refractivity contribution is -0.137. The second-order valence-electron chi connectivity index (χ2n) is 2.73. The SMILES string of the molecule is CNCc1ccc(C(F)(F)F)cc1.I. The molecule has 80 valence electrons. The van der Waals surface area contributed by atoms with E-state index >= 15 is 0 Å². The number of hydrogen-bond donors (Lipinski definition) is 1. The van der Waals surface area contributed by atoms with Crippen LogP contribution in [0.5, 0.6) is 0 Å². The first-order valence-corrected chi connectivity index (χ1v) is 3.85. The van der Waals surface area contributed by atoms with Crippen LogP contribution in [0, 0.1) is 0 Å². The van der Waals surface area contributed by atoms with Gasteiger partial charge in [-0.15, -0.1) is 24.0 Å². The molecule has 0 heterocycles. The van der Waals surface area contributed by atoms with E-state index in [1.807, 2.05) is 0 Å². The van der Waals surface area contributed by atoms with Gasteiger partial charge in [-0.25, -0.2) is 0 Å². The fourth-order valence-corrected chi connectivity index (χ4v) is 1.02. The average Bonchev–Trinajstić information content (AvgIpc) is 2.04. The average molecular weight is 317 g/mol. The first-order valence-electron chi connectivity index (χ1n) is 3.85. The zero-order valence-corrected chi connectivity index (χ0v) is 9.89. The van der Waals surface area contributed by atoms with E-state index in [0.29, 0.717) is 6.54 Å². The molecule has 0 spiro atoms. The topological polar surface area (TPSA) is 12.0 Å². The molecule has 0 radical (unpaired) electrons. The summed E-state index contributed by atoms with van der Waals surface area (Å²) in [4.78, 5) is 0. The number of benzene rings is 1. The lowest BCUT2D eigenvalue weighted by Gasteiger charge is -2.06. The number of hydrogen-bond acceptors (Lipinski definition) is 1. The summed E-state index contributed by atoms with van der Waals surface area (Å²) in [6, 6.07) is 5.12. The molecular formula is C9H11F3IN. The third-order valence-electron chi connectivity index (χ3n) is 1.66. The Kier molecular flexibility index (Phi) is 5.43. The molecule has 1 N–H and O–H groups in total. The van der Waals surface area contributed by atoms with E-state index in [0.717, 1.165) is 17.7 Å². The Bertz CT molecular complexity index is 268. The molecule has 0 saturated carbocycles. The number of rotatable bonds is 2. The molecule has 1 nitrogen and oxygen atoms in total. The van der Waals surface area contributed by atoms with Crippen LogP contribution in [0.2, 0.25) is 0 Å². The summed E-state index contributed by atoms with van der Waals surface area (Å²) in [5.41, 5.74) is 0.239. The molecule has 0 atom stereocenters. The van der Waals surface area contributed by atoms with Crippen molar-refractivity contribution < 1.29 is 13.2 Å². The summed E-state index contributed by atoms with van der Waals surface area (Å²) in [7, 11) is 1.75. The molecule has 1 aromatic rings. The maximum absolute atomic E-state index is 12.1. The molecule has 0 aliphatic rings. The van der Waals surface area contributed by atoms with Crippen molar-refractivity contribution in [2.45, 2.75) is 12.7 Å². The molecule has 14 heavy (non-hydrogen) atoms.